The Morgan fingerprint density at radius 1 is 1.71 bits per heavy atom. The fraction of sp³-hybridized carbons (Fsp3) is 0.875. The number of carbonyl (C=O) groups is 1. The molecule has 0 aliphatic carbocycles. The summed E-state index contributed by atoms with van der Waals surface area (Å²) in [5, 5.41) is 29.7. The van der Waals surface area contributed by atoms with Crippen molar-refractivity contribution >= 4 is 5.91 Å². The van der Waals surface area contributed by atoms with E-state index in [9.17, 15) is 15.0 Å². The number of hydrogen-bond donors (Lipinski definition) is 4. The van der Waals surface area contributed by atoms with E-state index in [0.717, 1.165) is 0 Å². The van der Waals surface area contributed by atoms with Crippen molar-refractivity contribution in [3.05, 3.63) is 0 Å². The van der Waals surface area contributed by atoms with Gasteiger partial charge in [-0.25, -0.2) is 0 Å². The Hall–Kier alpha value is -0.690. The summed E-state index contributed by atoms with van der Waals surface area (Å²) in [4.78, 5) is 10.7. The van der Waals surface area contributed by atoms with Crippen molar-refractivity contribution in [2.24, 2.45) is 0 Å². The molecule has 1 heterocycles. The standard InChI is InChI=1S/C8H15NO5/c1-4(11)9-5-2-7(6(12)3-10)14-8(5)13/h5-8,10,12-13H,2-3H2,1H3,(H,9,11)/t5-,6+,7-,8+/m0/s1. The van der Waals surface area contributed by atoms with Gasteiger partial charge < -0.3 is 25.4 Å². The molecule has 4 atom stereocenters. The Bertz CT molecular complexity index is 210. The number of amides is 1. The summed E-state index contributed by atoms with van der Waals surface area (Å²) in [5.74, 6) is -0.267. The van der Waals surface area contributed by atoms with Crippen molar-refractivity contribution in [2.75, 3.05) is 6.61 Å². The van der Waals surface area contributed by atoms with Gasteiger partial charge in [0.2, 0.25) is 5.91 Å². The molecule has 82 valence electrons. The second-order valence-corrected chi connectivity index (χ2v) is 3.36. The van der Waals surface area contributed by atoms with Crippen LogP contribution in [0.1, 0.15) is 13.3 Å². The number of rotatable bonds is 3. The van der Waals surface area contributed by atoms with Gasteiger partial charge in [-0.1, -0.05) is 0 Å². The van der Waals surface area contributed by atoms with Crippen molar-refractivity contribution < 1.29 is 24.9 Å². The van der Waals surface area contributed by atoms with Gasteiger partial charge in [0, 0.05) is 13.3 Å². The van der Waals surface area contributed by atoms with Crippen LogP contribution >= 0.6 is 0 Å². The Labute approximate surface area is 81.5 Å². The van der Waals surface area contributed by atoms with Crippen molar-refractivity contribution in [2.45, 2.75) is 37.9 Å². The maximum atomic E-state index is 10.7. The molecule has 0 spiro atoms. The molecule has 0 bridgehead atoms. The Balaban J connectivity index is 2.46. The minimum Gasteiger partial charge on any atom is -0.394 e. The lowest BCUT2D eigenvalue weighted by Gasteiger charge is -2.14. The molecule has 0 radical (unpaired) electrons. The zero-order valence-electron chi connectivity index (χ0n) is 7.88. The summed E-state index contributed by atoms with van der Waals surface area (Å²) in [6.07, 6.45) is -2.48. The molecule has 1 aliphatic heterocycles. The minimum atomic E-state index is -1.12. The molecule has 14 heavy (non-hydrogen) atoms. The van der Waals surface area contributed by atoms with Crippen LogP contribution in [-0.2, 0) is 9.53 Å². The number of nitrogens with one attached hydrogen (secondary N) is 1. The first kappa shape index (κ1) is 11.4. The van der Waals surface area contributed by atoms with Crippen LogP contribution in [0.5, 0.6) is 0 Å². The third-order valence-corrected chi connectivity index (χ3v) is 2.15. The normalized spacial score (nSPS) is 34.1. The van der Waals surface area contributed by atoms with Crippen LogP contribution < -0.4 is 5.32 Å². The highest BCUT2D eigenvalue weighted by Crippen LogP contribution is 2.21. The smallest absolute Gasteiger partial charge is 0.217 e. The van der Waals surface area contributed by atoms with E-state index in [0.29, 0.717) is 6.42 Å². The second-order valence-electron chi connectivity index (χ2n) is 3.36. The van der Waals surface area contributed by atoms with Gasteiger partial charge in [-0.2, -0.15) is 0 Å². The molecule has 6 nitrogen and oxygen atoms in total. The van der Waals surface area contributed by atoms with E-state index >= 15 is 0 Å². The first-order valence-electron chi connectivity index (χ1n) is 4.44. The van der Waals surface area contributed by atoms with Crippen LogP contribution in [-0.4, -0.2) is 52.4 Å². The molecule has 0 aromatic rings. The van der Waals surface area contributed by atoms with Crippen LogP contribution in [0.3, 0.4) is 0 Å². The molecule has 1 saturated heterocycles. The number of hydrogen-bond acceptors (Lipinski definition) is 5. The van der Waals surface area contributed by atoms with Crippen LogP contribution in [0.2, 0.25) is 0 Å². The van der Waals surface area contributed by atoms with Gasteiger partial charge in [-0.05, 0) is 0 Å². The zero-order valence-corrected chi connectivity index (χ0v) is 7.88. The van der Waals surface area contributed by atoms with Crippen LogP contribution in [0.25, 0.3) is 0 Å². The molecule has 1 fully saturated rings. The predicted molar refractivity (Wildman–Crippen MR) is 46.2 cm³/mol. The molecule has 0 aromatic heterocycles. The number of carbonyl (C=O) groups excluding carboxylic acids is 1. The van der Waals surface area contributed by atoms with E-state index in [1.165, 1.54) is 6.92 Å². The number of ether oxygens (including phenoxy) is 1. The van der Waals surface area contributed by atoms with Crippen molar-refractivity contribution in [1.82, 2.24) is 5.32 Å². The average molecular weight is 205 g/mol. The summed E-state index contributed by atoms with van der Waals surface area (Å²) in [7, 11) is 0. The van der Waals surface area contributed by atoms with Gasteiger partial charge in [0.15, 0.2) is 6.29 Å². The highest BCUT2D eigenvalue weighted by Gasteiger charge is 2.37. The summed E-state index contributed by atoms with van der Waals surface area (Å²) >= 11 is 0. The minimum absolute atomic E-state index is 0.267. The third kappa shape index (κ3) is 2.65. The molecular weight excluding hydrogens is 190 g/mol. The number of aliphatic hydroxyl groups is 3. The predicted octanol–water partition coefficient (Wildman–Crippen LogP) is -2.05. The van der Waals surface area contributed by atoms with Crippen LogP contribution in [0.4, 0.5) is 0 Å². The molecular formula is C8H15NO5. The van der Waals surface area contributed by atoms with E-state index in [-0.39, 0.29) is 5.91 Å². The van der Waals surface area contributed by atoms with E-state index < -0.39 is 31.1 Å². The van der Waals surface area contributed by atoms with Gasteiger partial charge in [0.25, 0.3) is 0 Å². The molecule has 0 aromatic carbocycles. The van der Waals surface area contributed by atoms with Gasteiger partial charge in [0.1, 0.15) is 6.10 Å². The van der Waals surface area contributed by atoms with Crippen molar-refractivity contribution in [3.63, 3.8) is 0 Å². The monoisotopic (exact) mass is 205 g/mol. The summed E-state index contributed by atoms with van der Waals surface area (Å²) in [6.45, 7) is 0.909. The van der Waals surface area contributed by atoms with Crippen LogP contribution in [0.15, 0.2) is 0 Å². The molecule has 1 amide bonds. The lowest BCUT2D eigenvalue weighted by atomic mass is 10.1. The molecule has 4 N–H and O–H groups in total. The maximum absolute atomic E-state index is 10.7. The topological polar surface area (TPSA) is 99.0 Å². The van der Waals surface area contributed by atoms with Gasteiger partial charge >= 0.3 is 0 Å². The fourth-order valence-corrected chi connectivity index (χ4v) is 1.45. The summed E-state index contributed by atoms with van der Waals surface area (Å²) in [6, 6.07) is -0.515. The first-order valence-corrected chi connectivity index (χ1v) is 4.44. The van der Waals surface area contributed by atoms with Gasteiger partial charge in [0.05, 0.1) is 18.8 Å². The largest absolute Gasteiger partial charge is 0.394 e. The van der Waals surface area contributed by atoms with E-state index in [2.05, 4.69) is 5.32 Å². The average Bonchev–Trinajstić information content (AvgIpc) is 2.46. The molecule has 6 heteroatoms. The molecule has 1 aliphatic rings. The maximum Gasteiger partial charge on any atom is 0.217 e. The van der Waals surface area contributed by atoms with Gasteiger partial charge in [-0.15, -0.1) is 0 Å². The highest BCUT2D eigenvalue weighted by molar-refractivity contribution is 5.73. The lowest BCUT2D eigenvalue weighted by Crippen LogP contribution is -2.39. The van der Waals surface area contributed by atoms with E-state index in [1.807, 2.05) is 0 Å². The fourth-order valence-electron chi connectivity index (χ4n) is 1.45. The lowest BCUT2D eigenvalue weighted by molar-refractivity contribution is -0.137. The molecule has 0 saturated carbocycles. The van der Waals surface area contributed by atoms with Crippen LogP contribution in [0, 0.1) is 0 Å². The zero-order chi connectivity index (χ0) is 10.7. The SMILES string of the molecule is CC(=O)N[C@H]1C[C@@H]([C@H](O)CO)O[C@H]1O. The Kier molecular flexibility index (Phi) is 3.82. The Morgan fingerprint density at radius 3 is 2.86 bits per heavy atom. The third-order valence-electron chi connectivity index (χ3n) is 2.15. The quantitative estimate of drug-likeness (QED) is 0.425. The Morgan fingerprint density at radius 2 is 2.36 bits per heavy atom. The summed E-state index contributed by atoms with van der Waals surface area (Å²) in [5.41, 5.74) is 0. The molecule has 1 rings (SSSR count). The van der Waals surface area contributed by atoms with E-state index in [1.54, 1.807) is 0 Å². The molecule has 0 unspecified atom stereocenters. The van der Waals surface area contributed by atoms with Gasteiger partial charge in [-0.3, -0.25) is 4.79 Å². The first-order chi connectivity index (χ1) is 6.54. The van der Waals surface area contributed by atoms with E-state index in [4.69, 9.17) is 9.84 Å². The van der Waals surface area contributed by atoms with Crippen molar-refractivity contribution in [3.8, 4) is 0 Å². The summed E-state index contributed by atoms with van der Waals surface area (Å²) < 4.78 is 4.96. The highest BCUT2D eigenvalue weighted by atomic mass is 16.6. The number of aliphatic hydroxyl groups excluding tert-OH is 3. The second kappa shape index (κ2) is 4.70. The van der Waals surface area contributed by atoms with Crippen molar-refractivity contribution in [1.29, 1.82) is 0 Å².